The molecule has 21 heavy (non-hydrogen) atoms. The molecular formula is C16H15ClN2O2. The van der Waals surface area contributed by atoms with Gasteiger partial charge in [0.1, 0.15) is 0 Å². The molecule has 0 heterocycles. The fourth-order valence-electron chi connectivity index (χ4n) is 1.75. The van der Waals surface area contributed by atoms with Gasteiger partial charge in [-0.2, -0.15) is 0 Å². The van der Waals surface area contributed by atoms with E-state index in [9.17, 15) is 9.59 Å². The van der Waals surface area contributed by atoms with Crippen LogP contribution < -0.4 is 10.6 Å². The van der Waals surface area contributed by atoms with Crippen molar-refractivity contribution in [2.24, 2.45) is 0 Å². The Morgan fingerprint density at radius 2 is 1.57 bits per heavy atom. The molecule has 0 saturated carbocycles. The molecule has 108 valence electrons. The minimum Gasteiger partial charge on any atom is -0.318 e. The minimum absolute atomic E-state index is 0.482. The lowest BCUT2D eigenvalue weighted by Crippen LogP contribution is -2.29. The molecule has 0 bridgehead atoms. The highest BCUT2D eigenvalue weighted by Crippen LogP contribution is 2.20. The summed E-state index contributed by atoms with van der Waals surface area (Å²) in [4.78, 5) is 23.7. The predicted molar refractivity (Wildman–Crippen MR) is 84.6 cm³/mol. The van der Waals surface area contributed by atoms with Crippen molar-refractivity contribution in [3.8, 4) is 0 Å². The summed E-state index contributed by atoms with van der Waals surface area (Å²) in [6.45, 7) is 3.71. The molecule has 0 aliphatic carbocycles. The summed E-state index contributed by atoms with van der Waals surface area (Å²) in [5, 5.41) is 5.62. The highest BCUT2D eigenvalue weighted by molar-refractivity contribution is 6.43. The molecule has 0 spiro atoms. The Hall–Kier alpha value is -2.33. The second-order valence-electron chi connectivity index (χ2n) is 4.69. The molecule has 0 aliphatic heterocycles. The summed E-state index contributed by atoms with van der Waals surface area (Å²) in [5.74, 6) is -1.46. The zero-order valence-corrected chi connectivity index (χ0v) is 12.5. The van der Waals surface area contributed by atoms with Crippen molar-refractivity contribution in [1.29, 1.82) is 0 Å². The Balaban J connectivity index is 2.04. The summed E-state index contributed by atoms with van der Waals surface area (Å²) < 4.78 is 0. The van der Waals surface area contributed by atoms with E-state index in [0.29, 0.717) is 16.4 Å². The Labute approximate surface area is 128 Å². The number of hydrogen-bond acceptors (Lipinski definition) is 2. The van der Waals surface area contributed by atoms with Crippen LogP contribution in [0.5, 0.6) is 0 Å². The average Bonchev–Trinajstić information content (AvgIpc) is 2.45. The first-order valence-electron chi connectivity index (χ1n) is 6.41. The average molecular weight is 303 g/mol. The molecule has 5 heteroatoms. The quantitative estimate of drug-likeness (QED) is 0.834. The lowest BCUT2D eigenvalue weighted by molar-refractivity contribution is -0.133. The van der Waals surface area contributed by atoms with E-state index in [1.54, 1.807) is 30.3 Å². The first kappa shape index (κ1) is 15.1. The molecule has 2 aromatic carbocycles. The maximum Gasteiger partial charge on any atom is 0.314 e. The standard InChI is InChI=1S/C16H15ClN2O2/c1-10-7-8-12(9-13(10)17)18-15(20)16(21)19-14-6-4-3-5-11(14)2/h3-9H,1-2H3,(H,18,20)(H,19,21). The van der Waals surface area contributed by atoms with Gasteiger partial charge in [-0.25, -0.2) is 0 Å². The van der Waals surface area contributed by atoms with Crippen LogP contribution in [-0.2, 0) is 9.59 Å². The molecule has 0 fully saturated rings. The number of rotatable bonds is 2. The van der Waals surface area contributed by atoms with Crippen LogP contribution in [0.2, 0.25) is 5.02 Å². The third-order valence-corrected chi connectivity index (χ3v) is 3.44. The van der Waals surface area contributed by atoms with Crippen LogP contribution in [0, 0.1) is 13.8 Å². The van der Waals surface area contributed by atoms with Crippen LogP contribution >= 0.6 is 11.6 Å². The third-order valence-electron chi connectivity index (χ3n) is 3.03. The van der Waals surface area contributed by atoms with Gasteiger partial charge in [-0.1, -0.05) is 35.9 Å². The first-order chi connectivity index (χ1) is 9.97. The number of carbonyl (C=O) groups is 2. The number of aryl methyl sites for hydroxylation is 2. The van der Waals surface area contributed by atoms with Gasteiger partial charge in [0.25, 0.3) is 0 Å². The van der Waals surface area contributed by atoms with Gasteiger partial charge in [0.2, 0.25) is 0 Å². The van der Waals surface area contributed by atoms with Gasteiger partial charge in [0.15, 0.2) is 0 Å². The topological polar surface area (TPSA) is 58.2 Å². The molecule has 0 atom stereocenters. The monoisotopic (exact) mass is 302 g/mol. The van der Waals surface area contributed by atoms with E-state index in [2.05, 4.69) is 10.6 Å². The van der Waals surface area contributed by atoms with Crippen molar-refractivity contribution in [2.75, 3.05) is 10.6 Å². The molecule has 2 aromatic rings. The molecule has 2 rings (SSSR count). The van der Waals surface area contributed by atoms with Crippen molar-refractivity contribution >= 4 is 34.8 Å². The SMILES string of the molecule is Cc1ccc(NC(=O)C(=O)Nc2ccccc2C)cc1Cl. The fourth-order valence-corrected chi connectivity index (χ4v) is 1.93. The Kier molecular flexibility index (Phi) is 4.60. The van der Waals surface area contributed by atoms with E-state index >= 15 is 0 Å². The maximum atomic E-state index is 11.9. The van der Waals surface area contributed by atoms with E-state index in [0.717, 1.165) is 11.1 Å². The van der Waals surface area contributed by atoms with Crippen LogP contribution in [0.3, 0.4) is 0 Å². The Morgan fingerprint density at radius 1 is 0.905 bits per heavy atom. The molecule has 4 nitrogen and oxygen atoms in total. The normalized spacial score (nSPS) is 10.0. The number of hydrogen-bond donors (Lipinski definition) is 2. The van der Waals surface area contributed by atoms with Gasteiger partial charge in [-0.05, 0) is 43.2 Å². The summed E-state index contributed by atoms with van der Waals surface area (Å²) in [7, 11) is 0. The minimum atomic E-state index is -0.738. The van der Waals surface area contributed by atoms with Gasteiger partial charge < -0.3 is 10.6 Å². The lowest BCUT2D eigenvalue weighted by Gasteiger charge is -2.09. The number of amides is 2. The van der Waals surface area contributed by atoms with E-state index < -0.39 is 11.8 Å². The molecule has 0 aliphatic rings. The van der Waals surface area contributed by atoms with E-state index in [4.69, 9.17) is 11.6 Å². The zero-order chi connectivity index (χ0) is 15.4. The number of carbonyl (C=O) groups excluding carboxylic acids is 2. The van der Waals surface area contributed by atoms with Crippen molar-refractivity contribution in [3.05, 3.63) is 58.6 Å². The highest BCUT2D eigenvalue weighted by Gasteiger charge is 2.15. The van der Waals surface area contributed by atoms with E-state index in [1.165, 1.54) is 0 Å². The highest BCUT2D eigenvalue weighted by atomic mass is 35.5. The van der Waals surface area contributed by atoms with Gasteiger partial charge in [-0.3, -0.25) is 9.59 Å². The maximum absolute atomic E-state index is 11.9. The molecule has 2 N–H and O–H groups in total. The number of para-hydroxylation sites is 1. The Morgan fingerprint density at radius 3 is 2.24 bits per heavy atom. The largest absolute Gasteiger partial charge is 0.318 e. The summed E-state index contributed by atoms with van der Waals surface area (Å²) >= 11 is 5.98. The van der Waals surface area contributed by atoms with Crippen molar-refractivity contribution in [1.82, 2.24) is 0 Å². The van der Waals surface area contributed by atoms with E-state index in [-0.39, 0.29) is 0 Å². The number of nitrogens with one attached hydrogen (secondary N) is 2. The summed E-state index contributed by atoms with van der Waals surface area (Å²) in [5.41, 5.74) is 2.88. The van der Waals surface area contributed by atoms with Crippen molar-refractivity contribution < 1.29 is 9.59 Å². The molecule has 0 unspecified atom stereocenters. The molecule has 0 saturated heterocycles. The number of benzene rings is 2. The molecular weight excluding hydrogens is 288 g/mol. The van der Waals surface area contributed by atoms with Crippen LogP contribution in [-0.4, -0.2) is 11.8 Å². The van der Waals surface area contributed by atoms with Crippen molar-refractivity contribution in [2.45, 2.75) is 13.8 Å². The van der Waals surface area contributed by atoms with Gasteiger partial charge in [-0.15, -0.1) is 0 Å². The van der Waals surface area contributed by atoms with Crippen molar-refractivity contribution in [3.63, 3.8) is 0 Å². The Bertz CT molecular complexity index is 698. The number of halogens is 1. The van der Waals surface area contributed by atoms with Gasteiger partial charge >= 0.3 is 11.8 Å². The summed E-state index contributed by atoms with van der Waals surface area (Å²) in [6.07, 6.45) is 0. The van der Waals surface area contributed by atoms with E-state index in [1.807, 2.05) is 26.0 Å². The molecule has 2 amide bonds. The van der Waals surface area contributed by atoms with Crippen LogP contribution in [0.25, 0.3) is 0 Å². The second kappa shape index (κ2) is 6.41. The third kappa shape index (κ3) is 3.83. The predicted octanol–water partition coefficient (Wildman–Crippen LogP) is 3.53. The van der Waals surface area contributed by atoms with Crippen LogP contribution in [0.15, 0.2) is 42.5 Å². The zero-order valence-electron chi connectivity index (χ0n) is 11.7. The molecule has 0 radical (unpaired) electrons. The second-order valence-corrected chi connectivity index (χ2v) is 5.09. The molecule has 0 aromatic heterocycles. The van der Waals surface area contributed by atoms with Gasteiger partial charge in [0, 0.05) is 16.4 Å². The van der Waals surface area contributed by atoms with Crippen LogP contribution in [0.1, 0.15) is 11.1 Å². The summed E-state index contributed by atoms with van der Waals surface area (Å²) in [6, 6.07) is 12.3. The smallest absolute Gasteiger partial charge is 0.314 e. The number of anilines is 2. The van der Waals surface area contributed by atoms with Gasteiger partial charge in [0.05, 0.1) is 0 Å². The lowest BCUT2D eigenvalue weighted by atomic mass is 10.2. The fraction of sp³-hybridized carbons (Fsp3) is 0.125. The first-order valence-corrected chi connectivity index (χ1v) is 6.79. The van der Waals surface area contributed by atoms with Crippen LogP contribution in [0.4, 0.5) is 11.4 Å².